The highest BCUT2D eigenvalue weighted by atomic mass is 127. The monoisotopic (exact) mass is 418 g/mol. The third kappa shape index (κ3) is 4.47. The van der Waals surface area contributed by atoms with Crippen molar-refractivity contribution in [3.05, 3.63) is 61.8 Å². The summed E-state index contributed by atoms with van der Waals surface area (Å²) in [5, 5.41) is 3.71. The SMILES string of the molecule is O=C(/C=C/c1ccc(Cl)cc1Cl)Nc1ccc(I)cn1. The van der Waals surface area contributed by atoms with Crippen molar-refractivity contribution in [3.63, 3.8) is 0 Å². The average Bonchev–Trinajstić information content (AvgIpc) is 2.40. The predicted octanol–water partition coefficient (Wildman–Crippen LogP) is 4.64. The molecule has 1 amide bonds. The molecule has 102 valence electrons. The van der Waals surface area contributed by atoms with Crippen LogP contribution < -0.4 is 5.32 Å². The normalized spacial score (nSPS) is 10.8. The number of benzene rings is 1. The molecule has 3 nitrogen and oxygen atoms in total. The standard InChI is InChI=1S/C14H9Cl2IN2O/c15-10-3-1-9(12(16)7-10)2-6-14(20)19-13-5-4-11(17)8-18-13/h1-8H,(H,18,19,20)/b6-2+. The quantitative estimate of drug-likeness (QED) is 0.582. The van der Waals surface area contributed by atoms with Crippen molar-refractivity contribution >= 4 is 63.6 Å². The molecule has 0 atom stereocenters. The van der Waals surface area contributed by atoms with Crippen LogP contribution in [0.25, 0.3) is 6.08 Å². The Balaban J connectivity index is 2.03. The number of halogens is 3. The molecular formula is C14H9Cl2IN2O. The molecule has 0 radical (unpaired) electrons. The molecule has 0 saturated carbocycles. The van der Waals surface area contributed by atoms with Crippen LogP contribution >= 0.6 is 45.8 Å². The highest BCUT2D eigenvalue weighted by molar-refractivity contribution is 14.1. The fraction of sp³-hybridized carbons (Fsp3) is 0. The van der Waals surface area contributed by atoms with Crippen LogP contribution in [0.5, 0.6) is 0 Å². The smallest absolute Gasteiger partial charge is 0.249 e. The van der Waals surface area contributed by atoms with Crippen LogP contribution in [0, 0.1) is 3.57 Å². The van der Waals surface area contributed by atoms with Crippen LogP contribution in [-0.4, -0.2) is 10.9 Å². The van der Waals surface area contributed by atoms with E-state index in [-0.39, 0.29) is 5.91 Å². The van der Waals surface area contributed by atoms with Gasteiger partial charge >= 0.3 is 0 Å². The van der Waals surface area contributed by atoms with Gasteiger partial charge in [0.1, 0.15) is 5.82 Å². The molecular weight excluding hydrogens is 410 g/mol. The van der Waals surface area contributed by atoms with Crippen LogP contribution in [0.15, 0.2) is 42.6 Å². The molecule has 1 N–H and O–H groups in total. The third-order valence-electron chi connectivity index (χ3n) is 2.36. The van der Waals surface area contributed by atoms with Gasteiger partial charge in [-0.05, 0) is 58.5 Å². The Morgan fingerprint density at radius 2 is 2.05 bits per heavy atom. The lowest BCUT2D eigenvalue weighted by atomic mass is 10.2. The van der Waals surface area contributed by atoms with Gasteiger partial charge in [-0.3, -0.25) is 4.79 Å². The second-order valence-electron chi connectivity index (χ2n) is 3.85. The molecule has 0 aliphatic rings. The van der Waals surface area contributed by atoms with Crippen molar-refractivity contribution in [2.24, 2.45) is 0 Å². The maximum Gasteiger partial charge on any atom is 0.249 e. The molecule has 0 aliphatic heterocycles. The molecule has 0 aliphatic carbocycles. The number of rotatable bonds is 3. The molecule has 0 unspecified atom stereocenters. The lowest BCUT2D eigenvalue weighted by Crippen LogP contribution is -2.08. The van der Waals surface area contributed by atoms with E-state index in [2.05, 4.69) is 32.9 Å². The van der Waals surface area contributed by atoms with Gasteiger partial charge in [0.05, 0.1) is 0 Å². The molecule has 1 aromatic carbocycles. The first-order chi connectivity index (χ1) is 9.54. The average molecular weight is 419 g/mol. The Morgan fingerprint density at radius 3 is 2.70 bits per heavy atom. The lowest BCUT2D eigenvalue weighted by Gasteiger charge is -2.01. The van der Waals surface area contributed by atoms with Gasteiger partial charge in [0.25, 0.3) is 0 Å². The van der Waals surface area contributed by atoms with Gasteiger partial charge < -0.3 is 5.32 Å². The number of aromatic nitrogens is 1. The number of hydrogen-bond donors (Lipinski definition) is 1. The lowest BCUT2D eigenvalue weighted by molar-refractivity contribution is -0.111. The van der Waals surface area contributed by atoms with E-state index in [4.69, 9.17) is 23.2 Å². The number of carbonyl (C=O) groups excluding carboxylic acids is 1. The van der Waals surface area contributed by atoms with Crippen molar-refractivity contribution < 1.29 is 4.79 Å². The maximum absolute atomic E-state index is 11.7. The second kappa shape index (κ2) is 7.06. The fourth-order valence-electron chi connectivity index (χ4n) is 1.42. The minimum absolute atomic E-state index is 0.273. The number of carbonyl (C=O) groups is 1. The van der Waals surface area contributed by atoms with E-state index >= 15 is 0 Å². The maximum atomic E-state index is 11.7. The topological polar surface area (TPSA) is 42.0 Å². The number of amides is 1. The molecule has 20 heavy (non-hydrogen) atoms. The molecule has 1 aromatic heterocycles. The van der Waals surface area contributed by atoms with Gasteiger partial charge in [0.15, 0.2) is 0 Å². The van der Waals surface area contributed by atoms with Crippen LogP contribution in [0.2, 0.25) is 10.0 Å². The van der Waals surface area contributed by atoms with Crippen molar-refractivity contribution in [3.8, 4) is 0 Å². The highest BCUT2D eigenvalue weighted by Crippen LogP contribution is 2.22. The van der Waals surface area contributed by atoms with Crippen molar-refractivity contribution in [1.29, 1.82) is 0 Å². The highest BCUT2D eigenvalue weighted by Gasteiger charge is 2.01. The van der Waals surface area contributed by atoms with Crippen LogP contribution in [0.1, 0.15) is 5.56 Å². The van der Waals surface area contributed by atoms with E-state index in [0.717, 1.165) is 9.13 Å². The first kappa shape index (κ1) is 15.3. The number of anilines is 1. The van der Waals surface area contributed by atoms with Gasteiger partial charge in [0, 0.05) is 25.9 Å². The molecule has 1 heterocycles. The fourth-order valence-corrected chi connectivity index (χ4v) is 2.21. The number of nitrogens with one attached hydrogen (secondary N) is 1. The number of pyridine rings is 1. The zero-order valence-corrected chi connectivity index (χ0v) is 13.8. The second-order valence-corrected chi connectivity index (χ2v) is 5.94. The molecule has 0 saturated heterocycles. The Bertz CT molecular complexity index is 657. The summed E-state index contributed by atoms with van der Waals surface area (Å²) in [4.78, 5) is 15.8. The summed E-state index contributed by atoms with van der Waals surface area (Å²) >= 11 is 14.0. The number of nitrogens with zero attached hydrogens (tertiary/aromatic N) is 1. The Kier molecular flexibility index (Phi) is 5.39. The summed E-state index contributed by atoms with van der Waals surface area (Å²) in [6.07, 6.45) is 4.70. The van der Waals surface area contributed by atoms with E-state index in [0.29, 0.717) is 15.9 Å². The van der Waals surface area contributed by atoms with Crippen LogP contribution in [0.4, 0.5) is 5.82 Å². The summed E-state index contributed by atoms with van der Waals surface area (Å²) in [7, 11) is 0. The number of hydrogen-bond acceptors (Lipinski definition) is 2. The molecule has 0 fully saturated rings. The molecule has 6 heteroatoms. The first-order valence-electron chi connectivity index (χ1n) is 5.60. The first-order valence-corrected chi connectivity index (χ1v) is 7.44. The third-order valence-corrected chi connectivity index (χ3v) is 3.56. The minimum atomic E-state index is -0.273. The van der Waals surface area contributed by atoms with Crippen molar-refractivity contribution in [2.75, 3.05) is 5.32 Å². The molecule has 2 rings (SSSR count). The van der Waals surface area contributed by atoms with E-state index in [1.807, 2.05) is 6.07 Å². The zero-order chi connectivity index (χ0) is 14.5. The summed E-state index contributed by atoms with van der Waals surface area (Å²) in [5.74, 6) is 0.229. The van der Waals surface area contributed by atoms with E-state index in [1.54, 1.807) is 36.5 Å². The van der Waals surface area contributed by atoms with Crippen molar-refractivity contribution in [2.45, 2.75) is 0 Å². The minimum Gasteiger partial charge on any atom is -0.307 e. The van der Waals surface area contributed by atoms with Crippen LogP contribution in [-0.2, 0) is 4.79 Å². The van der Waals surface area contributed by atoms with Gasteiger partial charge in [-0.2, -0.15) is 0 Å². The van der Waals surface area contributed by atoms with Gasteiger partial charge in [-0.1, -0.05) is 29.3 Å². The largest absolute Gasteiger partial charge is 0.307 e. The Labute approximate surface area is 140 Å². The zero-order valence-electron chi connectivity index (χ0n) is 10.1. The Morgan fingerprint density at radius 1 is 1.25 bits per heavy atom. The summed E-state index contributed by atoms with van der Waals surface area (Å²) in [6.45, 7) is 0. The van der Waals surface area contributed by atoms with Gasteiger partial charge in [0.2, 0.25) is 5.91 Å². The predicted molar refractivity (Wildman–Crippen MR) is 91.1 cm³/mol. The van der Waals surface area contributed by atoms with E-state index < -0.39 is 0 Å². The van der Waals surface area contributed by atoms with E-state index in [1.165, 1.54) is 6.08 Å². The van der Waals surface area contributed by atoms with Gasteiger partial charge in [-0.15, -0.1) is 0 Å². The van der Waals surface area contributed by atoms with Gasteiger partial charge in [-0.25, -0.2) is 4.98 Å². The summed E-state index contributed by atoms with van der Waals surface area (Å²) in [5.41, 5.74) is 0.724. The molecule has 2 aromatic rings. The van der Waals surface area contributed by atoms with Crippen molar-refractivity contribution in [1.82, 2.24) is 4.98 Å². The van der Waals surface area contributed by atoms with E-state index in [9.17, 15) is 4.79 Å². The Hall–Kier alpha value is -1.11. The summed E-state index contributed by atoms with van der Waals surface area (Å²) in [6, 6.07) is 8.69. The molecule has 0 spiro atoms. The van der Waals surface area contributed by atoms with Crippen LogP contribution in [0.3, 0.4) is 0 Å². The molecule has 0 bridgehead atoms. The summed E-state index contributed by atoms with van der Waals surface area (Å²) < 4.78 is 1.00.